The number of alkyl halides is 4. The zero-order valence-electron chi connectivity index (χ0n) is 16.0. The van der Waals surface area contributed by atoms with Crippen LogP contribution < -0.4 is 10.6 Å². The van der Waals surface area contributed by atoms with Gasteiger partial charge in [-0.2, -0.15) is 0 Å². The van der Waals surface area contributed by atoms with Crippen LogP contribution in [0.2, 0.25) is 0 Å². The van der Waals surface area contributed by atoms with Gasteiger partial charge in [0.15, 0.2) is 0 Å². The summed E-state index contributed by atoms with van der Waals surface area (Å²) >= 11 is 0. The number of carbonyl (C=O) groups excluding carboxylic acids is 2. The molecule has 0 saturated heterocycles. The molecule has 6 nitrogen and oxygen atoms in total. The molecule has 4 amide bonds. The molecule has 0 unspecified atom stereocenters. The number of amides is 4. The highest BCUT2D eigenvalue weighted by atomic mass is 19.3. The van der Waals surface area contributed by atoms with Crippen molar-refractivity contribution in [3.05, 3.63) is 23.8 Å². The van der Waals surface area contributed by atoms with E-state index in [-0.39, 0.29) is 12.1 Å². The summed E-state index contributed by atoms with van der Waals surface area (Å²) in [4.78, 5) is 27.1. The number of halogens is 4. The Balaban J connectivity index is 1.67. The second kappa shape index (κ2) is 8.87. The molecular weight excluding hydrogens is 392 g/mol. The van der Waals surface area contributed by atoms with Gasteiger partial charge in [-0.25, -0.2) is 27.2 Å². The van der Waals surface area contributed by atoms with Crippen molar-refractivity contribution in [1.82, 2.24) is 9.80 Å². The van der Waals surface area contributed by atoms with Gasteiger partial charge in [0.2, 0.25) is 0 Å². The fourth-order valence-corrected chi connectivity index (χ4v) is 3.08. The molecule has 2 aliphatic carbocycles. The topological polar surface area (TPSA) is 64.7 Å². The predicted molar refractivity (Wildman–Crippen MR) is 101 cm³/mol. The average Bonchev–Trinajstić information content (AvgIpc) is 3.53. The predicted octanol–water partition coefficient (Wildman–Crippen LogP) is 4.52. The molecule has 10 heteroatoms. The van der Waals surface area contributed by atoms with Crippen molar-refractivity contribution in [2.45, 2.75) is 57.5 Å². The van der Waals surface area contributed by atoms with Crippen molar-refractivity contribution in [2.75, 3.05) is 23.7 Å². The maximum Gasteiger partial charge on any atom is 0.322 e. The first-order valence-electron chi connectivity index (χ1n) is 9.56. The molecule has 1 aromatic rings. The van der Waals surface area contributed by atoms with E-state index in [0.717, 1.165) is 9.80 Å². The molecule has 0 aromatic heterocycles. The fraction of sp³-hybridized carbons (Fsp3) is 0.579. The van der Waals surface area contributed by atoms with Crippen LogP contribution in [-0.2, 0) is 0 Å². The number of aryl methyl sites for hydroxylation is 1. The SMILES string of the molecule is Cc1ccc(NC(=O)N(CC(F)F)C2CC2)cc1NC(=O)N(CC(F)F)C1CC1. The summed E-state index contributed by atoms with van der Waals surface area (Å²) in [5.41, 5.74) is 1.36. The van der Waals surface area contributed by atoms with E-state index < -0.39 is 38.0 Å². The van der Waals surface area contributed by atoms with Crippen LogP contribution in [0.3, 0.4) is 0 Å². The number of nitrogens with one attached hydrogen (secondary N) is 2. The molecule has 0 atom stereocenters. The maximum absolute atomic E-state index is 12.8. The molecular formula is C19H24F4N4O2. The lowest BCUT2D eigenvalue weighted by Crippen LogP contribution is -2.40. The molecule has 0 aliphatic heterocycles. The molecule has 29 heavy (non-hydrogen) atoms. The lowest BCUT2D eigenvalue weighted by molar-refractivity contribution is 0.0994. The van der Waals surface area contributed by atoms with Crippen LogP contribution in [-0.4, -0.2) is 59.9 Å². The summed E-state index contributed by atoms with van der Waals surface area (Å²) in [5, 5.41) is 5.19. The van der Waals surface area contributed by atoms with Gasteiger partial charge in [0.1, 0.15) is 0 Å². The summed E-state index contributed by atoms with van der Waals surface area (Å²) in [6.45, 7) is 0.439. The minimum Gasteiger partial charge on any atom is -0.316 e. The number of nitrogens with zero attached hydrogens (tertiary/aromatic N) is 2. The molecule has 2 fully saturated rings. The van der Waals surface area contributed by atoms with Crippen LogP contribution in [0.5, 0.6) is 0 Å². The van der Waals surface area contributed by atoms with Gasteiger partial charge in [-0.15, -0.1) is 0 Å². The Morgan fingerprint density at radius 1 is 0.931 bits per heavy atom. The second-order valence-corrected chi connectivity index (χ2v) is 7.44. The number of hydrogen-bond donors (Lipinski definition) is 2. The van der Waals surface area contributed by atoms with Gasteiger partial charge in [0.05, 0.1) is 13.1 Å². The van der Waals surface area contributed by atoms with Crippen LogP contribution in [0.15, 0.2) is 18.2 Å². The Kier molecular flexibility index (Phi) is 6.49. The largest absolute Gasteiger partial charge is 0.322 e. The molecule has 0 spiro atoms. The van der Waals surface area contributed by atoms with Gasteiger partial charge in [0.25, 0.3) is 12.9 Å². The highest BCUT2D eigenvalue weighted by Gasteiger charge is 2.35. The lowest BCUT2D eigenvalue weighted by atomic mass is 10.2. The van der Waals surface area contributed by atoms with E-state index in [4.69, 9.17) is 0 Å². The molecule has 2 N–H and O–H groups in total. The van der Waals surface area contributed by atoms with E-state index in [1.54, 1.807) is 19.1 Å². The standard InChI is InChI=1S/C19H24F4N4O2/c1-11-2-3-12(24-18(28)26(9-16(20)21)13-4-5-13)8-15(11)25-19(29)27(10-17(22)23)14-6-7-14/h2-3,8,13-14,16-17H,4-7,9-10H2,1H3,(H,24,28)(H,25,29). The number of anilines is 2. The summed E-state index contributed by atoms with van der Waals surface area (Å²) in [5.74, 6) is 0. The number of hydrogen-bond acceptors (Lipinski definition) is 2. The first kappa shape index (κ1) is 21.2. The quantitative estimate of drug-likeness (QED) is 0.612. The van der Waals surface area contributed by atoms with Crippen molar-refractivity contribution in [3.8, 4) is 0 Å². The number of rotatable bonds is 8. The molecule has 2 saturated carbocycles. The smallest absolute Gasteiger partial charge is 0.316 e. The van der Waals surface area contributed by atoms with Crippen LogP contribution >= 0.6 is 0 Å². The Hall–Kier alpha value is -2.52. The Bertz CT molecular complexity index is 754. The van der Waals surface area contributed by atoms with E-state index in [1.807, 2.05) is 0 Å². The van der Waals surface area contributed by atoms with E-state index in [9.17, 15) is 27.2 Å². The third kappa shape index (κ3) is 5.98. The molecule has 1 aromatic carbocycles. The highest BCUT2D eigenvalue weighted by Crippen LogP contribution is 2.30. The van der Waals surface area contributed by atoms with Gasteiger partial charge >= 0.3 is 12.1 Å². The Morgan fingerprint density at radius 2 is 1.41 bits per heavy atom. The van der Waals surface area contributed by atoms with Crippen molar-refractivity contribution < 1.29 is 27.2 Å². The average molecular weight is 416 g/mol. The van der Waals surface area contributed by atoms with Crippen molar-refractivity contribution in [2.24, 2.45) is 0 Å². The monoisotopic (exact) mass is 416 g/mol. The molecule has 0 heterocycles. The van der Waals surface area contributed by atoms with Crippen molar-refractivity contribution >= 4 is 23.4 Å². The summed E-state index contributed by atoms with van der Waals surface area (Å²) < 4.78 is 51.0. The van der Waals surface area contributed by atoms with E-state index in [2.05, 4.69) is 10.6 Å². The molecule has 0 radical (unpaired) electrons. The fourth-order valence-electron chi connectivity index (χ4n) is 3.08. The van der Waals surface area contributed by atoms with Crippen molar-refractivity contribution in [3.63, 3.8) is 0 Å². The third-order valence-corrected chi connectivity index (χ3v) is 4.90. The number of urea groups is 2. The van der Waals surface area contributed by atoms with E-state index in [0.29, 0.717) is 42.6 Å². The summed E-state index contributed by atoms with van der Waals surface area (Å²) in [7, 11) is 0. The highest BCUT2D eigenvalue weighted by molar-refractivity contribution is 5.94. The van der Waals surface area contributed by atoms with Gasteiger partial charge in [-0.05, 0) is 50.3 Å². The zero-order valence-corrected chi connectivity index (χ0v) is 16.0. The van der Waals surface area contributed by atoms with Crippen LogP contribution in [0, 0.1) is 6.92 Å². The third-order valence-electron chi connectivity index (χ3n) is 4.90. The van der Waals surface area contributed by atoms with Gasteiger partial charge < -0.3 is 20.4 Å². The zero-order chi connectivity index (χ0) is 21.1. The van der Waals surface area contributed by atoms with Crippen LogP contribution in [0.25, 0.3) is 0 Å². The maximum atomic E-state index is 12.8. The Morgan fingerprint density at radius 3 is 1.86 bits per heavy atom. The second-order valence-electron chi connectivity index (χ2n) is 7.44. The first-order chi connectivity index (χ1) is 13.7. The lowest BCUT2D eigenvalue weighted by Gasteiger charge is -2.24. The van der Waals surface area contributed by atoms with E-state index >= 15 is 0 Å². The number of carbonyl (C=O) groups is 2. The first-order valence-corrected chi connectivity index (χ1v) is 9.56. The molecule has 2 aliphatic rings. The van der Waals surface area contributed by atoms with Gasteiger partial charge in [-0.1, -0.05) is 6.07 Å². The van der Waals surface area contributed by atoms with Gasteiger partial charge in [-0.3, -0.25) is 0 Å². The normalized spacial score (nSPS) is 16.1. The molecule has 3 rings (SSSR count). The molecule has 0 bridgehead atoms. The Labute approximate surface area is 166 Å². The molecule has 160 valence electrons. The van der Waals surface area contributed by atoms with Gasteiger partial charge in [0, 0.05) is 23.5 Å². The van der Waals surface area contributed by atoms with E-state index in [1.165, 1.54) is 6.07 Å². The number of benzene rings is 1. The minimum absolute atomic E-state index is 0.185. The summed E-state index contributed by atoms with van der Waals surface area (Å²) in [6.07, 6.45) is -2.49. The summed E-state index contributed by atoms with van der Waals surface area (Å²) in [6, 6.07) is 3.10. The van der Waals surface area contributed by atoms with Crippen molar-refractivity contribution in [1.29, 1.82) is 0 Å². The van der Waals surface area contributed by atoms with Crippen LogP contribution in [0.1, 0.15) is 31.2 Å². The van der Waals surface area contributed by atoms with Crippen LogP contribution in [0.4, 0.5) is 38.5 Å². The minimum atomic E-state index is -2.63.